The number of hydrogen-bond donors (Lipinski definition) is 0. The summed E-state index contributed by atoms with van der Waals surface area (Å²) in [7, 11) is -4.42. The van der Waals surface area contributed by atoms with Crippen molar-refractivity contribution >= 4 is 27.3 Å². The quantitative estimate of drug-likeness (QED) is 0.229. The molecule has 0 aliphatic heterocycles. The first kappa shape index (κ1) is 22.8. The van der Waals surface area contributed by atoms with Crippen LogP contribution in [0.4, 0.5) is 5.69 Å². The Labute approximate surface area is 184 Å². The van der Waals surface area contributed by atoms with E-state index in [2.05, 4.69) is 0 Å². The molecule has 0 unspecified atom stereocenters. The van der Waals surface area contributed by atoms with Crippen LogP contribution in [0, 0.1) is 24.0 Å². The van der Waals surface area contributed by atoms with Crippen molar-refractivity contribution in [2.24, 2.45) is 0 Å². The van der Waals surface area contributed by atoms with Crippen LogP contribution < -0.4 is 0 Å². The summed E-state index contributed by atoms with van der Waals surface area (Å²) in [6.07, 6.45) is 0. The molecule has 0 aromatic heterocycles. The molecule has 0 saturated carbocycles. The summed E-state index contributed by atoms with van der Waals surface area (Å²) in [5.41, 5.74) is 1.34. The minimum absolute atomic E-state index is 0.321. The summed E-state index contributed by atoms with van der Waals surface area (Å²) in [5.74, 6) is -1.47. The molecule has 164 valence electrons. The number of hydrogen-bond acceptors (Lipinski definition) is 7. The number of rotatable bonds is 7. The molecule has 0 saturated heterocycles. The molecule has 0 aliphatic rings. The van der Waals surface area contributed by atoms with Gasteiger partial charge in [0, 0.05) is 11.6 Å². The topological polar surface area (TPSA) is 121 Å². The third-order valence-electron chi connectivity index (χ3n) is 4.91. The lowest BCUT2D eigenvalue weighted by Crippen LogP contribution is -2.17. The molecule has 8 nitrogen and oxygen atoms in total. The van der Waals surface area contributed by atoms with E-state index in [9.17, 15) is 28.1 Å². The van der Waals surface area contributed by atoms with Crippen LogP contribution in [0.1, 0.15) is 31.8 Å². The molecule has 9 heteroatoms. The molecule has 3 rings (SSSR count). The van der Waals surface area contributed by atoms with Crippen LogP contribution in [-0.2, 0) is 14.6 Å². The van der Waals surface area contributed by atoms with E-state index in [0.717, 1.165) is 29.3 Å². The van der Waals surface area contributed by atoms with Crippen molar-refractivity contribution in [3.05, 3.63) is 99.1 Å². The number of esters is 1. The van der Waals surface area contributed by atoms with Gasteiger partial charge in [0.05, 0.1) is 15.4 Å². The number of ketones is 1. The van der Waals surface area contributed by atoms with Gasteiger partial charge in [0.15, 0.2) is 12.4 Å². The van der Waals surface area contributed by atoms with E-state index < -0.39 is 48.6 Å². The molecule has 32 heavy (non-hydrogen) atoms. The number of Topliss-reactive ketones (excluding diaryl/α,β-unsaturated/α-hetero) is 1. The summed E-state index contributed by atoms with van der Waals surface area (Å²) in [6.45, 7) is 3.17. The molecule has 0 radical (unpaired) electrons. The molecule has 0 N–H and O–H groups in total. The Morgan fingerprint density at radius 1 is 0.906 bits per heavy atom. The standard InChI is InChI=1S/C23H19NO7S/c1-15-11-12-17(13-16(15)2)20(25)14-31-23(26)18-7-3-5-9-21(18)32(29,30)22-10-6-4-8-19(22)24(27)28/h3-13H,14H2,1-2H3. The number of carbonyl (C=O) groups excluding carboxylic acids is 2. The Morgan fingerprint density at radius 3 is 2.19 bits per heavy atom. The molecule has 0 aliphatic carbocycles. The SMILES string of the molecule is Cc1ccc(C(=O)COC(=O)c2ccccc2S(=O)(=O)c2ccccc2[N+](=O)[O-])cc1C. The largest absolute Gasteiger partial charge is 0.454 e. The fourth-order valence-electron chi connectivity index (χ4n) is 3.03. The lowest BCUT2D eigenvalue weighted by molar-refractivity contribution is -0.387. The summed E-state index contributed by atoms with van der Waals surface area (Å²) >= 11 is 0. The zero-order valence-electron chi connectivity index (χ0n) is 17.3. The molecule has 0 atom stereocenters. The molecule has 0 fully saturated rings. The van der Waals surface area contributed by atoms with Crippen LogP contribution in [0.3, 0.4) is 0 Å². The van der Waals surface area contributed by atoms with Crippen molar-refractivity contribution in [3.8, 4) is 0 Å². The zero-order valence-corrected chi connectivity index (χ0v) is 18.1. The first-order chi connectivity index (χ1) is 15.1. The lowest BCUT2D eigenvalue weighted by Gasteiger charge is -2.11. The van der Waals surface area contributed by atoms with Crippen LogP contribution in [-0.4, -0.2) is 31.7 Å². The van der Waals surface area contributed by atoms with Gasteiger partial charge < -0.3 is 4.74 Å². The van der Waals surface area contributed by atoms with Gasteiger partial charge in [-0.1, -0.05) is 36.4 Å². The molecular formula is C23H19NO7S. The van der Waals surface area contributed by atoms with E-state index in [1.165, 1.54) is 30.3 Å². The van der Waals surface area contributed by atoms with E-state index in [4.69, 9.17) is 4.74 Å². The third-order valence-corrected chi connectivity index (χ3v) is 6.77. The number of nitro benzene ring substituents is 1. The van der Waals surface area contributed by atoms with Crippen molar-refractivity contribution in [2.45, 2.75) is 23.6 Å². The number of benzene rings is 3. The van der Waals surface area contributed by atoms with Crippen molar-refractivity contribution < 1.29 is 27.7 Å². The molecular weight excluding hydrogens is 434 g/mol. The molecule has 0 heterocycles. The lowest BCUT2D eigenvalue weighted by atomic mass is 10.0. The maximum absolute atomic E-state index is 13.1. The van der Waals surface area contributed by atoms with E-state index >= 15 is 0 Å². The van der Waals surface area contributed by atoms with Crippen molar-refractivity contribution in [1.82, 2.24) is 0 Å². The second kappa shape index (κ2) is 9.11. The first-order valence-corrected chi connectivity index (χ1v) is 11.0. The highest BCUT2D eigenvalue weighted by atomic mass is 32.2. The first-order valence-electron chi connectivity index (χ1n) is 9.48. The number of carbonyl (C=O) groups is 2. The number of aryl methyl sites for hydroxylation is 2. The number of nitrogens with zero attached hydrogens (tertiary/aromatic N) is 1. The van der Waals surface area contributed by atoms with E-state index in [0.29, 0.717) is 5.56 Å². The van der Waals surface area contributed by atoms with Gasteiger partial charge in [-0.2, -0.15) is 0 Å². The van der Waals surface area contributed by atoms with Crippen LogP contribution in [0.25, 0.3) is 0 Å². The maximum Gasteiger partial charge on any atom is 0.339 e. The van der Waals surface area contributed by atoms with Crippen LogP contribution in [0.2, 0.25) is 0 Å². The highest BCUT2D eigenvalue weighted by molar-refractivity contribution is 7.91. The van der Waals surface area contributed by atoms with Gasteiger partial charge in [0.1, 0.15) is 4.90 Å². The highest BCUT2D eigenvalue weighted by Gasteiger charge is 2.31. The Hall–Kier alpha value is -3.85. The highest BCUT2D eigenvalue weighted by Crippen LogP contribution is 2.31. The number of para-hydroxylation sites is 1. The van der Waals surface area contributed by atoms with Gasteiger partial charge in [-0.05, 0) is 49.2 Å². The number of nitro groups is 1. The van der Waals surface area contributed by atoms with Gasteiger partial charge in [-0.25, -0.2) is 13.2 Å². The Kier molecular flexibility index (Phi) is 6.50. The average Bonchev–Trinajstić information content (AvgIpc) is 2.79. The van der Waals surface area contributed by atoms with Crippen molar-refractivity contribution in [2.75, 3.05) is 6.61 Å². The summed E-state index contributed by atoms with van der Waals surface area (Å²) in [6, 6.07) is 15.1. The second-order valence-electron chi connectivity index (χ2n) is 7.02. The predicted molar refractivity (Wildman–Crippen MR) is 116 cm³/mol. The Bertz CT molecular complexity index is 1330. The summed E-state index contributed by atoms with van der Waals surface area (Å²) in [5, 5.41) is 11.3. The number of sulfone groups is 1. The molecule has 3 aromatic carbocycles. The van der Waals surface area contributed by atoms with Gasteiger partial charge in [0.2, 0.25) is 9.84 Å². The summed E-state index contributed by atoms with van der Waals surface area (Å²) < 4.78 is 31.3. The minimum Gasteiger partial charge on any atom is -0.454 e. The van der Waals surface area contributed by atoms with Crippen molar-refractivity contribution in [1.29, 1.82) is 0 Å². The molecule has 0 amide bonds. The van der Waals surface area contributed by atoms with Crippen LogP contribution in [0.5, 0.6) is 0 Å². The third kappa shape index (κ3) is 4.57. The van der Waals surface area contributed by atoms with E-state index in [1.54, 1.807) is 18.2 Å². The molecule has 0 spiro atoms. The van der Waals surface area contributed by atoms with Crippen molar-refractivity contribution in [3.63, 3.8) is 0 Å². The Morgan fingerprint density at radius 2 is 1.53 bits per heavy atom. The minimum atomic E-state index is -4.42. The van der Waals surface area contributed by atoms with Gasteiger partial charge >= 0.3 is 5.97 Å². The van der Waals surface area contributed by atoms with E-state index in [1.807, 2.05) is 13.8 Å². The summed E-state index contributed by atoms with van der Waals surface area (Å²) in [4.78, 5) is 34.5. The maximum atomic E-state index is 13.1. The second-order valence-corrected chi connectivity index (χ2v) is 8.91. The fourth-order valence-corrected chi connectivity index (χ4v) is 4.64. The normalized spacial score (nSPS) is 11.1. The van der Waals surface area contributed by atoms with Crippen LogP contribution >= 0.6 is 0 Å². The smallest absolute Gasteiger partial charge is 0.339 e. The van der Waals surface area contributed by atoms with Gasteiger partial charge in [-0.3, -0.25) is 14.9 Å². The zero-order chi connectivity index (χ0) is 23.5. The fraction of sp³-hybridized carbons (Fsp3) is 0.130. The van der Waals surface area contributed by atoms with E-state index in [-0.39, 0.29) is 5.56 Å². The molecule has 0 bridgehead atoms. The average molecular weight is 453 g/mol. The Balaban J connectivity index is 1.89. The predicted octanol–water partition coefficient (Wildman–Crippen LogP) is 4.08. The monoisotopic (exact) mass is 453 g/mol. The van der Waals surface area contributed by atoms with Gasteiger partial charge in [0.25, 0.3) is 5.69 Å². The number of ether oxygens (including phenoxy) is 1. The van der Waals surface area contributed by atoms with Gasteiger partial charge in [-0.15, -0.1) is 0 Å². The molecule has 3 aromatic rings. The van der Waals surface area contributed by atoms with Crippen LogP contribution in [0.15, 0.2) is 76.5 Å².